The van der Waals surface area contributed by atoms with E-state index in [9.17, 15) is 27.5 Å². The molecule has 1 N–H and O–H groups in total. The first-order valence-corrected chi connectivity index (χ1v) is 11.0. The summed E-state index contributed by atoms with van der Waals surface area (Å²) < 4.78 is 60.7. The number of nitrogens with zero attached hydrogens (tertiary/aromatic N) is 7. The van der Waals surface area contributed by atoms with Crippen LogP contribution in [0.3, 0.4) is 0 Å². The molecular weight excluding hydrogens is 494 g/mol. The average Bonchev–Trinajstić information content (AvgIpc) is 3.60. The van der Waals surface area contributed by atoms with Crippen LogP contribution in [0.4, 0.5) is 17.6 Å². The minimum absolute atomic E-state index is 0.139. The minimum atomic E-state index is -1.97. The van der Waals surface area contributed by atoms with Gasteiger partial charge >= 0.3 is 5.69 Å². The number of hydrogen-bond donors (Lipinski definition) is 1. The predicted octanol–water partition coefficient (Wildman–Crippen LogP) is 3.12. The van der Waals surface area contributed by atoms with Crippen molar-refractivity contribution >= 4 is 0 Å². The molecule has 0 aliphatic heterocycles. The van der Waals surface area contributed by atoms with Gasteiger partial charge in [0.15, 0.2) is 0 Å². The molecule has 13 heteroatoms. The van der Waals surface area contributed by atoms with Crippen LogP contribution in [0.25, 0.3) is 11.4 Å². The van der Waals surface area contributed by atoms with E-state index >= 15 is 0 Å². The minimum Gasteiger partial charge on any atom is -0.381 e. The lowest BCUT2D eigenvalue weighted by Gasteiger charge is -2.34. The second-order valence-electron chi connectivity index (χ2n) is 8.41. The van der Waals surface area contributed by atoms with Gasteiger partial charge in [0.25, 0.3) is 0 Å². The van der Waals surface area contributed by atoms with Crippen LogP contribution in [-0.2, 0) is 12.1 Å². The summed E-state index contributed by atoms with van der Waals surface area (Å²) in [6.45, 7) is 1.32. The van der Waals surface area contributed by atoms with Crippen LogP contribution in [0.15, 0.2) is 78.6 Å². The van der Waals surface area contributed by atoms with E-state index in [2.05, 4.69) is 15.2 Å². The monoisotopic (exact) mass is 513 g/mol. The highest BCUT2D eigenvalue weighted by molar-refractivity contribution is 5.36. The molecule has 2 aromatic carbocycles. The molecule has 0 aliphatic carbocycles. The maximum Gasteiger partial charge on any atom is 0.337 e. The van der Waals surface area contributed by atoms with Crippen molar-refractivity contribution in [2.75, 3.05) is 0 Å². The Morgan fingerprint density at radius 3 is 2.35 bits per heavy atom. The first-order chi connectivity index (χ1) is 17.7. The Balaban J connectivity index is 1.52. The first kappa shape index (κ1) is 24.2. The summed E-state index contributed by atoms with van der Waals surface area (Å²) in [7, 11) is 0. The molecule has 5 rings (SSSR count). The Kier molecular flexibility index (Phi) is 5.99. The van der Waals surface area contributed by atoms with Gasteiger partial charge in [0.2, 0.25) is 0 Å². The van der Waals surface area contributed by atoms with Crippen LogP contribution in [0.5, 0.6) is 0 Å². The summed E-state index contributed by atoms with van der Waals surface area (Å²) in [6, 6.07) is 4.74. The number of aliphatic hydroxyl groups is 1. The van der Waals surface area contributed by atoms with Crippen molar-refractivity contribution in [3.8, 4) is 11.4 Å². The second-order valence-corrected chi connectivity index (χ2v) is 8.41. The lowest BCUT2D eigenvalue weighted by Crippen LogP contribution is -2.40. The summed E-state index contributed by atoms with van der Waals surface area (Å²) in [5.41, 5.74) is -2.69. The third kappa shape index (κ3) is 4.33. The van der Waals surface area contributed by atoms with Gasteiger partial charge in [-0.2, -0.15) is 10.2 Å². The highest BCUT2D eigenvalue weighted by Crippen LogP contribution is 2.36. The Hall–Kier alpha value is -4.52. The van der Waals surface area contributed by atoms with Crippen LogP contribution in [-0.4, -0.2) is 38.8 Å². The Morgan fingerprint density at radius 2 is 1.68 bits per heavy atom. The normalized spacial score (nSPS) is 14.0. The lowest BCUT2D eigenvalue weighted by atomic mass is 9.86. The van der Waals surface area contributed by atoms with Crippen molar-refractivity contribution < 1.29 is 22.7 Å². The molecule has 3 heterocycles. The van der Waals surface area contributed by atoms with Crippen molar-refractivity contribution in [3.63, 3.8) is 0 Å². The molecule has 0 spiro atoms. The van der Waals surface area contributed by atoms with Gasteiger partial charge in [-0.05, 0) is 25.1 Å². The van der Waals surface area contributed by atoms with Gasteiger partial charge in [0, 0.05) is 36.3 Å². The topological polar surface area (TPSA) is 95.7 Å². The maximum atomic E-state index is 14.8. The number of imidazole rings is 1. The zero-order chi connectivity index (χ0) is 26.3. The molecule has 0 unspecified atom stereocenters. The number of benzene rings is 2. The zero-order valence-corrected chi connectivity index (χ0v) is 19.2. The standard InChI is InChI=1S/C24H19F4N7O2/c1-15(24(37,12-32-14-29-13-31-32)19-4-2-16(25)8-20(19)27)35-11-18(10-30-35)33-6-7-34(23(33)36)22-5-3-17(26)9-21(22)28/h2-11,13-15,37H,12H2,1H3/t15-,24-/m1/s1. The summed E-state index contributed by atoms with van der Waals surface area (Å²) in [5, 5.41) is 19.9. The van der Waals surface area contributed by atoms with Gasteiger partial charge in [-0.25, -0.2) is 32.0 Å². The largest absolute Gasteiger partial charge is 0.381 e. The molecule has 0 radical (unpaired) electrons. The van der Waals surface area contributed by atoms with Gasteiger partial charge < -0.3 is 5.11 Å². The highest BCUT2D eigenvalue weighted by Gasteiger charge is 2.41. The van der Waals surface area contributed by atoms with Gasteiger partial charge in [-0.3, -0.25) is 13.8 Å². The number of rotatable bonds is 7. The molecule has 9 nitrogen and oxygen atoms in total. The molecule has 190 valence electrons. The fourth-order valence-electron chi connectivity index (χ4n) is 4.16. The van der Waals surface area contributed by atoms with Crippen LogP contribution in [0.1, 0.15) is 18.5 Å². The Labute approximate surface area is 206 Å². The van der Waals surface area contributed by atoms with Gasteiger partial charge in [0.05, 0.1) is 30.2 Å². The molecule has 3 aromatic heterocycles. The fourth-order valence-corrected chi connectivity index (χ4v) is 4.16. The zero-order valence-electron chi connectivity index (χ0n) is 19.2. The SMILES string of the molecule is C[C@@H](n1cc(-n2ccn(-c3ccc(F)cc3F)c2=O)cn1)[C@](O)(Cn1cncn1)c1ccc(F)cc1F. The molecule has 0 saturated carbocycles. The fraction of sp³-hybridized carbons (Fsp3) is 0.167. The maximum absolute atomic E-state index is 14.8. The third-order valence-electron chi connectivity index (χ3n) is 6.17. The van der Waals surface area contributed by atoms with E-state index in [1.165, 1.54) is 51.4 Å². The molecule has 0 aliphatic rings. The molecule has 0 bridgehead atoms. The van der Waals surface area contributed by atoms with E-state index < -0.39 is 40.6 Å². The van der Waals surface area contributed by atoms with Crippen molar-refractivity contribution in [1.29, 1.82) is 0 Å². The van der Waals surface area contributed by atoms with Crippen molar-refractivity contribution in [3.05, 3.63) is 113 Å². The van der Waals surface area contributed by atoms with Gasteiger partial charge in [-0.1, -0.05) is 6.07 Å². The molecule has 0 fully saturated rings. The quantitative estimate of drug-likeness (QED) is 0.338. The van der Waals surface area contributed by atoms with Crippen molar-refractivity contribution in [2.24, 2.45) is 0 Å². The summed E-state index contributed by atoms with van der Waals surface area (Å²) in [5.74, 6) is -3.46. The lowest BCUT2D eigenvalue weighted by molar-refractivity contribution is -0.0369. The van der Waals surface area contributed by atoms with E-state index in [0.717, 1.165) is 28.8 Å². The summed E-state index contributed by atoms with van der Waals surface area (Å²) >= 11 is 0. The van der Waals surface area contributed by atoms with E-state index in [-0.39, 0.29) is 23.5 Å². The van der Waals surface area contributed by atoms with Crippen LogP contribution in [0.2, 0.25) is 0 Å². The predicted molar refractivity (Wildman–Crippen MR) is 122 cm³/mol. The molecule has 0 amide bonds. The Bertz CT molecular complexity index is 1630. The smallest absolute Gasteiger partial charge is 0.337 e. The van der Waals surface area contributed by atoms with Gasteiger partial charge in [0.1, 0.15) is 41.5 Å². The van der Waals surface area contributed by atoms with E-state index in [1.54, 1.807) is 6.92 Å². The average molecular weight is 513 g/mol. The second kappa shape index (κ2) is 9.17. The van der Waals surface area contributed by atoms with Crippen LogP contribution >= 0.6 is 0 Å². The summed E-state index contributed by atoms with van der Waals surface area (Å²) in [6.07, 6.45) is 8.04. The first-order valence-electron chi connectivity index (χ1n) is 11.0. The highest BCUT2D eigenvalue weighted by atomic mass is 19.1. The third-order valence-corrected chi connectivity index (χ3v) is 6.17. The van der Waals surface area contributed by atoms with E-state index in [1.807, 2.05) is 0 Å². The number of halogens is 4. The Morgan fingerprint density at radius 1 is 0.973 bits per heavy atom. The molecule has 0 saturated heterocycles. The van der Waals surface area contributed by atoms with E-state index in [0.29, 0.717) is 12.1 Å². The molecule has 5 aromatic rings. The molecule has 2 atom stereocenters. The molecular formula is C24H19F4N7O2. The van der Waals surface area contributed by atoms with Crippen LogP contribution in [0, 0.1) is 23.3 Å². The number of aromatic nitrogens is 7. The van der Waals surface area contributed by atoms with Crippen molar-refractivity contribution in [2.45, 2.75) is 25.1 Å². The molecule has 37 heavy (non-hydrogen) atoms. The summed E-state index contributed by atoms with van der Waals surface area (Å²) in [4.78, 5) is 16.8. The van der Waals surface area contributed by atoms with Crippen LogP contribution < -0.4 is 5.69 Å². The van der Waals surface area contributed by atoms with Gasteiger partial charge in [-0.15, -0.1) is 0 Å². The van der Waals surface area contributed by atoms with E-state index in [4.69, 9.17) is 0 Å². The van der Waals surface area contributed by atoms with Crippen molar-refractivity contribution in [1.82, 2.24) is 33.7 Å². The number of hydrogen-bond acceptors (Lipinski definition) is 5.